The van der Waals surface area contributed by atoms with Gasteiger partial charge in [0, 0.05) is 42.2 Å². The second-order valence-corrected chi connectivity index (χ2v) is 9.02. The largest absolute Gasteiger partial charge is 0.372 e. The lowest BCUT2D eigenvalue weighted by Crippen LogP contribution is -2.28. The third-order valence-corrected chi connectivity index (χ3v) is 6.82. The topological polar surface area (TPSA) is 90.5 Å². The number of thiazole rings is 1. The summed E-state index contributed by atoms with van der Waals surface area (Å²) >= 11 is 2.89. The molecule has 3 aromatic rings. The number of thioether (sulfide) groups is 1. The Morgan fingerprint density at radius 3 is 2.97 bits per heavy atom. The molecule has 4 rings (SSSR count). The van der Waals surface area contributed by atoms with Gasteiger partial charge in [0.25, 0.3) is 11.8 Å². The smallest absolute Gasteiger partial charge is 0.275 e. The molecule has 1 aliphatic heterocycles. The van der Waals surface area contributed by atoms with Gasteiger partial charge in [-0.2, -0.15) is 0 Å². The van der Waals surface area contributed by atoms with E-state index in [1.807, 2.05) is 49.5 Å². The zero-order valence-corrected chi connectivity index (χ0v) is 19.7. The third-order valence-electron chi connectivity index (χ3n) is 5.23. The molecule has 0 fully saturated rings. The number of amides is 2. The number of carbonyl (C=O) groups is 2. The van der Waals surface area contributed by atoms with Gasteiger partial charge >= 0.3 is 0 Å². The van der Waals surface area contributed by atoms with Gasteiger partial charge < -0.3 is 15.5 Å². The average molecular weight is 469 g/mol. The summed E-state index contributed by atoms with van der Waals surface area (Å²) in [5, 5.41) is 8.21. The van der Waals surface area contributed by atoms with E-state index in [0.717, 1.165) is 29.2 Å². The Kier molecular flexibility index (Phi) is 6.73. The Morgan fingerprint density at radius 1 is 1.34 bits per heavy atom. The SMILES string of the molecule is CNCCN(C)c1ccncc1NC(=O)c1csc(N2Cc3ccc(SC)cc3C2=O)n1. The number of nitrogens with one attached hydrogen (secondary N) is 2. The number of rotatable bonds is 8. The number of likely N-dealkylation sites (N-methyl/N-ethyl adjacent to an activating group) is 2. The molecule has 0 bridgehead atoms. The van der Waals surface area contributed by atoms with Crippen molar-refractivity contribution in [3.8, 4) is 0 Å². The maximum atomic E-state index is 12.9. The van der Waals surface area contributed by atoms with Crippen LogP contribution in [0.5, 0.6) is 0 Å². The Hall–Kier alpha value is -2.95. The summed E-state index contributed by atoms with van der Waals surface area (Å²) < 4.78 is 0. The summed E-state index contributed by atoms with van der Waals surface area (Å²) in [4.78, 5) is 39.1. The molecule has 3 heterocycles. The van der Waals surface area contributed by atoms with Crippen LogP contribution in [-0.2, 0) is 6.54 Å². The van der Waals surface area contributed by atoms with Crippen LogP contribution in [0, 0.1) is 0 Å². The van der Waals surface area contributed by atoms with Gasteiger partial charge in [0.2, 0.25) is 0 Å². The molecule has 2 N–H and O–H groups in total. The van der Waals surface area contributed by atoms with Crippen molar-refractivity contribution in [2.45, 2.75) is 11.4 Å². The van der Waals surface area contributed by atoms with Crippen LogP contribution in [0.25, 0.3) is 0 Å². The first-order valence-corrected chi connectivity index (χ1v) is 12.2. The minimum atomic E-state index is -0.336. The maximum Gasteiger partial charge on any atom is 0.275 e. The first-order valence-electron chi connectivity index (χ1n) is 10.1. The van der Waals surface area contributed by atoms with Gasteiger partial charge in [-0.1, -0.05) is 6.07 Å². The lowest BCUT2D eigenvalue weighted by molar-refractivity contribution is 0.0991. The molecule has 10 heteroatoms. The molecule has 1 aliphatic rings. The minimum Gasteiger partial charge on any atom is -0.372 e. The van der Waals surface area contributed by atoms with Crippen LogP contribution in [0.15, 0.2) is 46.9 Å². The summed E-state index contributed by atoms with van der Waals surface area (Å²) in [5.74, 6) is -0.421. The Bertz CT molecular complexity index is 1150. The van der Waals surface area contributed by atoms with E-state index in [2.05, 4.69) is 20.6 Å². The van der Waals surface area contributed by atoms with Crippen LogP contribution >= 0.6 is 23.1 Å². The monoisotopic (exact) mass is 468 g/mol. The van der Waals surface area contributed by atoms with Gasteiger partial charge in [-0.25, -0.2) is 4.98 Å². The van der Waals surface area contributed by atoms with Gasteiger partial charge in [0.15, 0.2) is 5.13 Å². The molecule has 0 saturated carbocycles. The standard InChI is InChI=1S/C22H24N6O2S2/c1-23-8-9-27(2)19-6-7-24-11-17(19)25-20(29)18-13-32-22(26-18)28-12-14-4-5-15(31-3)10-16(14)21(28)30/h4-7,10-11,13,23H,8-9,12H2,1-3H3,(H,25,29). The predicted octanol–water partition coefficient (Wildman–Crippen LogP) is 3.33. The van der Waals surface area contributed by atoms with E-state index in [4.69, 9.17) is 0 Å². The first kappa shape index (κ1) is 22.3. The molecule has 1 aromatic carbocycles. The molecule has 8 nitrogen and oxygen atoms in total. The zero-order chi connectivity index (χ0) is 22.7. The Morgan fingerprint density at radius 2 is 2.19 bits per heavy atom. The van der Waals surface area contributed by atoms with E-state index in [-0.39, 0.29) is 17.5 Å². The lowest BCUT2D eigenvalue weighted by Gasteiger charge is -2.22. The second kappa shape index (κ2) is 9.68. The van der Waals surface area contributed by atoms with Gasteiger partial charge in [-0.3, -0.25) is 19.5 Å². The van der Waals surface area contributed by atoms with Crippen molar-refractivity contribution < 1.29 is 9.59 Å². The molecule has 2 aromatic heterocycles. The summed E-state index contributed by atoms with van der Waals surface area (Å²) in [7, 11) is 3.86. The van der Waals surface area contributed by atoms with Crippen LogP contribution in [-0.4, -0.2) is 55.2 Å². The van der Waals surface area contributed by atoms with Crippen molar-refractivity contribution in [3.05, 3.63) is 58.9 Å². The number of aromatic nitrogens is 2. The Labute approximate surface area is 195 Å². The van der Waals surface area contributed by atoms with Crippen LogP contribution in [0.1, 0.15) is 26.4 Å². The highest BCUT2D eigenvalue weighted by Crippen LogP contribution is 2.33. The highest BCUT2D eigenvalue weighted by Gasteiger charge is 2.31. The fourth-order valence-corrected chi connectivity index (χ4v) is 4.70. The van der Waals surface area contributed by atoms with E-state index in [1.54, 1.807) is 34.4 Å². The van der Waals surface area contributed by atoms with Crippen LogP contribution in [0.3, 0.4) is 0 Å². The molecule has 2 amide bonds. The molecule has 0 atom stereocenters. The summed E-state index contributed by atoms with van der Waals surface area (Å²) in [6, 6.07) is 7.77. The van der Waals surface area contributed by atoms with Crippen molar-refractivity contribution in [2.75, 3.05) is 48.6 Å². The molecule has 0 spiro atoms. The fraction of sp³-hybridized carbons (Fsp3) is 0.273. The summed E-state index contributed by atoms with van der Waals surface area (Å²) in [6.07, 6.45) is 5.30. The number of hydrogen-bond acceptors (Lipinski definition) is 8. The van der Waals surface area contributed by atoms with Crippen molar-refractivity contribution in [2.24, 2.45) is 0 Å². The molecule has 0 unspecified atom stereocenters. The quantitative estimate of drug-likeness (QED) is 0.490. The van der Waals surface area contributed by atoms with Crippen LogP contribution < -0.4 is 20.4 Å². The first-order chi connectivity index (χ1) is 15.5. The fourth-order valence-electron chi connectivity index (χ4n) is 3.46. The van der Waals surface area contributed by atoms with Gasteiger partial charge in [-0.15, -0.1) is 23.1 Å². The van der Waals surface area contributed by atoms with Gasteiger partial charge in [0.05, 0.1) is 24.1 Å². The zero-order valence-electron chi connectivity index (χ0n) is 18.1. The van der Waals surface area contributed by atoms with E-state index >= 15 is 0 Å². The molecule has 0 saturated heterocycles. The van der Waals surface area contributed by atoms with Crippen LogP contribution in [0.4, 0.5) is 16.5 Å². The number of benzene rings is 1. The average Bonchev–Trinajstić information content (AvgIpc) is 3.42. The van der Waals surface area contributed by atoms with E-state index < -0.39 is 0 Å². The van der Waals surface area contributed by atoms with Crippen molar-refractivity contribution >= 4 is 51.4 Å². The van der Waals surface area contributed by atoms with E-state index in [9.17, 15) is 9.59 Å². The third kappa shape index (κ3) is 4.47. The van der Waals surface area contributed by atoms with Gasteiger partial charge in [-0.05, 0) is 37.1 Å². The number of anilines is 3. The molecular formula is C22H24N6O2S2. The number of fused-ring (bicyclic) bond motifs is 1. The second-order valence-electron chi connectivity index (χ2n) is 7.30. The highest BCUT2D eigenvalue weighted by molar-refractivity contribution is 7.98. The number of carbonyl (C=O) groups excluding carboxylic acids is 2. The molecular weight excluding hydrogens is 444 g/mol. The van der Waals surface area contributed by atoms with E-state index in [1.165, 1.54) is 11.3 Å². The summed E-state index contributed by atoms with van der Waals surface area (Å²) in [6.45, 7) is 2.05. The van der Waals surface area contributed by atoms with E-state index in [0.29, 0.717) is 22.9 Å². The number of hydrogen-bond donors (Lipinski definition) is 2. The highest BCUT2D eigenvalue weighted by atomic mass is 32.2. The van der Waals surface area contributed by atoms with Crippen molar-refractivity contribution in [1.82, 2.24) is 15.3 Å². The minimum absolute atomic E-state index is 0.0853. The molecule has 166 valence electrons. The lowest BCUT2D eigenvalue weighted by atomic mass is 10.1. The Balaban J connectivity index is 1.49. The van der Waals surface area contributed by atoms with Crippen molar-refractivity contribution in [1.29, 1.82) is 0 Å². The maximum absolute atomic E-state index is 12.9. The number of pyridine rings is 1. The van der Waals surface area contributed by atoms with Crippen molar-refractivity contribution in [3.63, 3.8) is 0 Å². The molecule has 0 radical (unpaired) electrons. The molecule has 32 heavy (non-hydrogen) atoms. The van der Waals surface area contributed by atoms with Crippen LogP contribution in [0.2, 0.25) is 0 Å². The predicted molar refractivity (Wildman–Crippen MR) is 130 cm³/mol. The molecule has 0 aliphatic carbocycles. The number of nitrogens with zero attached hydrogens (tertiary/aromatic N) is 4. The summed E-state index contributed by atoms with van der Waals surface area (Å²) in [5.41, 5.74) is 3.42. The van der Waals surface area contributed by atoms with Gasteiger partial charge in [0.1, 0.15) is 5.69 Å². The normalized spacial score (nSPS) is 12.7.